The van der Waals surface area contributed by atoms with E-state index in [4.69, 9.17) is 11.6 Å². The van der Waals surface area contributed by atoms with E-state index in [9.17, 15) is 9.59 Å². The molecule has 0 aliphatic heterocycles. The molecule has 2 aromatic rings. The minimum absolute atomic E-state index is 0.0821. The highest BCUT2D eigenvalue weighted by atomic mass is 35.5. The van der Waals surface area contributed by atoms with Crippen molar-refractivity contribution in [3.05, 3.63) is 59.1 Å². The Labute approximate surface area is 151 Å². The molecule has 0 aliphatic rings. The van der Waals surface area contributed by atoms with E-state index in [0.717, 1.165) is 4.90 Å². The first-order valence-corrected chi connectivity index (χ1v) is 8.90. The number of rotatable bonds is 6. The summed E-state index contributed by atoms with van der Waals surface area (Å²) in [5, 5.41) is 6.26. The molecule has 0 saturated carbocycles. The Morgan fingerprint density at radius 1 is 1.08 bits per heavy atom. The average Bonchev–Trinajstić information content (AvgIpc) is 2.54. The minimum atomic E-state index is -0.128. The summed E-state index contributed by atoms with van der Waals surface area (Å²) in [6.45, 7) is 3.81. The SMILES string of the molecule is CC(C)NC(=O)c1ccc(NC(=O)CSc2ccccc2Cl)cc1. The van der Waals surface area contributed by atoms with Crippen molar-refractivity contribution in [1.29, 1.82) is 0 Å². The smallest absolute Gasteiger partial charge is 0.251 e. The predicted octanol–water partition coefficient (Wildman–Crippen LogP) is 4.21. The second-order valence-corrected chi connectivity index (χ2v) is 6.90. The fraction of sp³-hybridized carbons (Fsp3) is 0.222. The second-order valence-electron chi connectivity index (χ2n) is 5.47. The Hall–Kier alpha value is -1.98. The summed E-state index contributed by atoms with van der Waals surface area (Å²) in [5.74, 6) is 0.00993. The number of nitrogens with one attached hydrogen (secondary N) is 2. The molecule has 2 rings (SSSR count). The van der Waals surface area contributed by atoms with Gasteiger partial charge in [-0.25, -0.2) is 0 Å². The zero-order chi connectivity index (χ0) is 17.5. The Bertz CT molecular complexity index is 717. The third-order valence-electron chi connectivity index (χ3n) is 3.05. The van der Waals surface area contributed by atoms with Gasteiger partial charge in [0.15, 0.2) is 0 Å². The second kappa shape index (κ2) is 8.76. The van der Waals surface area contributed by atoms with Crippen molar-refractivity contribution < 1.29 is 9.59 Å². The topological polar surface area (TPSA) is 58.2 Å². The number of halogens is 1. The molecule has 0 aliphatic carbocycles. The number of carbonyl (C=O) groups excluding carboxylic acids is 2. The molecule has 0 radical (unpaired) electrons. The van der Waals surface area contributed by atoms with E-state index in [1.54, 1.807) is 30.3 Å². The number of anilines is 1. The van der Waals surface area contributed by atoms with Gasteiger partial charge in [0.1, 0.15) is 0 Å². The number of hydrogen-bond donors (Lipinski definition) is 2. The largest absolute Gasteiger partial charge is 0.350 e. The van der Waals surface area contributed by atoms with Crippen molar-refractivity contribution in [3.8, 4) is 0 Å². The molecule has 0 unspecified atom stereocenters. The van der Waals surface area contributed by atoms with E-state index >= 15 is 0 Å². The fourth-order valence-electron chi connectivity index (χ4n) is 1.95. The predicted molar refractivity (Wildman–Crippen MR) is 99.8 cm³/mol. The van der Waals surface area contributed by atoms with Gasteiger partial charge in [0.25, 0.3) is 5.91 Å². The van der Waals surface area contributed by atoms with E-state index in [1.165, 1.54) is 11.8 Å². The van der Waals surface area contributed by atoms with E-state index in [0.29, 0.717) is 16.3 Å². The Balaban J connectivity index is 1.88. The Morgan fingerprint density at radius 3 is 2.38 bits per heavy atom. The molecule has 2 N–H and O–H groups in total. The van der Waals surface area contributed by atoms with Gasteiger partial charge in [-0.3, -0.25) is 9.59 Å². The van der Waals surface area contributed by atoms with Crippen LogP contribution in [0.3, 0.4) is 0 Å². The third-order valence-corrected chi connectivity index (χ3v) is 4.56. The standard InChI is InChI=1S/C18H19ClN2O2S/c1-12(2)20-18(23)13-7-9-14(10-8-13)21-17(22)11-24-16-6-4-3-5-15(16)19/h3-10,12H,11H2,1-2H3,(H,20,23)(H,21,22). The van der Waals surface area contributed by atoms with Gasteiger partial charge >= 0.3 is 0 Å². The van der Waals surface area contributed by atoms with Crippen molar-refractivity contribution in [2.24, 2.45) is 0 Å². The Kier molecular flexibility index (Phi) is 6.70. The van der Waals surface area contributed by atoms with Crippen LogP contribution < -0.4 is 10.6 Å². The highest BCUT2D eigenvalue weighted by molar-refractivity contribution is 8.00. The van der Waals surface area contributed by atoms with Crippen LogP contribution in [0.4, 0.5) is 5.69 Å². The van der Waals surface area contributed by atoms with Crippen molar-refractivity contribution in [1.82, 2.24) is 5.32 Å². The molecule has 0 atom stereocenters. The molecule has 0 fully saturated rings. The lowest BCUT2D eigenvalue weighted by atomic mass is 10.2. The van der Waals surface area contributed by atoms with Gasteiger partial charge in [0.05, 0.1) is 10.8 Å². The third kappa shape index (κ3) is 5.58. The molecule has 0 bridgehead atoms. The van der Waals surface area contributed by atoms with Crippen LogP contribution in [0.2, 0.25) is 5.02 Å². The van der Waals surface area contributed by atoms with E-state index in [1.807, 2.05) is 32.0 Å². The first-order chi connectivity index (χ1) is 11.5. The molecule has 4 nitrogen and oxygen atoms in total. The van der Waals surface area contributed by atoms with Crippen LogP contribution in [0.25, 0.3) is 0 Å². The van der Waals surface area contributed by atoms with Gasteiger partial charge in [-0.1, -0.05) is 23.7 Å². The summed E-state index contributed by atoms with van der Waals surface area (Å²) >= 11 is 7.44. The lowest BCUT2D eigenvalue weighted by molar-refractivity contribution is -0.113. The van der Waals surface area contributed by atoms with E-state index in [2.05, 4.69) is 10.6 Å². The maximum absolute atomic E-state index is 12.0. The molecule has 0 heterocycles. The Morgan fingerprint density at radius 2 is 1.75 bits per heavy atom. The van der Waals surface area contributed by atoms with Crippen LogP contribution in [0.1, 0.15) is 24.2 Å². The summed E-state index contributed by atoms with van der Waals surface area (Å²) < 4.78 is 0. The number of hydrogen-bond acceptors (Lipinski definition) is 3. The molecule has 2 amide bonds. The summed E-state index contributed by atoms with van der Waals surface area (Å²) in [6, 6.07) is 14.3. The van der Waals surface area contributed by atoms with Crippen LogP contribution in [-0.2, 0) is 4.79 Å². The van der Waals surface area contributed by atoms with Gasteiger partial charge in [-0.15, -0.1) is 11.8 Å². The lowest BCUT2D eigenvalue weighted by Gasteiger charge is -2.09. The molecule has 24 heavy (non-hydrogen) atoms. The minimum Gasteiger partial charge on any atom is -0.350 e. The summed E-state index contributed by atoms with van der Waals surface area (Å²) in [5.41, 5.74) is 1.22. The van der Waals surface area contributed by atoms with Crippen LogP contribution in [0.5, 0.6) is 0 Å². The van der Waals surface area contributed by atoms with E-state index < -0.39 is 0 Å². The molecule has 0 aromatic heterocycles. The molecule has 126 valence electrons. The van der Waals surface area contributed by atoms with Crippen LogP contribution >= 0.6 is 23.4 Å². The van der Waals surface area contributed by atoms with Crippen LogP contribution in [-0.4, -0.2) is 23.6 Å². The molecule has 6 heteroatoms. The number of thioether (sulfide) groups is 1. The number of benzene rings is 2. The van der Waals surface area contributed by atoms with Crippen LogP contribution in [0.15, 0.2) is 53.4 Å². The quantitative estimate of drug-likeness (QED) is 0.757. The molecule has 2 aromatic carbocycles. The molecule has 0 saturated heterocycles. The van der Waals surface area contributed by atoms with Gasteiger partial charge in [0.2, 0.25) is 5.91 Å². The van der Waals surface area contributed by atoms with Gasteiger partial charge in [-0.2, -0.15) is 0 Å². The van der Waals surface area contributed by atoms with Crippen molar-refractivity contribution in [2.75, 3.05) is 11.1 Å². The number of carbonyl (C=O) groups is 2. The number of amides is 2. The first-order valence-electron chi connectivity index (χ1n) is 7.54. The summed E-state index contributed by atoms with van der Waals surface area (Å²) in [4.78, 5) is 24.7. The molecular weight excluding hydrogens is 344 g/mol. The van der Waals surface area contributed by atoms with Crippen molar-refractivity contribution >= 4 is 40.9 Å². The molecular formula is C18H19ClN2O2S. The van der Waals surface area contributed by atoms with Crippen molar-refractivity contribution in [2.45, 2.75) is 24.8 Å². The highest BCUT2D eigenvalue weighted by Crippen LogP contribution is 2.26. The monoisotopic (exact) mass is 362 g/mol. The van der Waals surface area contributed by atoms with Crippen molar-refractivity contribution in [3.63, 3.8) is 0 Å². The maximum atomic E-state index is 12.0. The van der Waals surface area contributed by atoms with Gasteiger partial charge in [-0.05, 0) is 50.2 Å². The summed E-state index contributed by atoms with van der Waals surface area (Å²) in [7, 11) is 0. The normalized spacial score (nSPS) is 10.5. The average molecular weight is 363 g/mol. The van der Waals surface area contributed by atoms with Gasteiger partial charge in [0, 0.05) is 22.2 Å². The fourth-order valence-corrected chi connectivity index (χ4v) is 2.99. The van der Waals surface area contributed by atoms with E-state index in [-0.39, 0.29) is 23.6 Å². The zero-order valence-corrected chi connectivity index (χ0v) is 15.1. The lowest BCUT2D eigenvalue weighted by Crippen LogP contribution is -2.30. The molecule has 0 spiro atoms. The van der Waals surface area contributed by atoms with Gasteiger partial charge < -0.3 is 10.6 Å². The highest BCUT2D eigenvalue weighted by Gasteiger charge is 2.08. The first kappa shape index (κ1) is 18.4. The summed E-state index contributed by atoms with van der Waals surface area (Å²) in [6.07, 6.45) is 0. The maximum Gasteiger partial charge on any atom is 0.251 e. The van der Waals surface area contributed by atoms with Crippen LogP contribution in [0, 0.1) is 0 Å². The zero-order valence-electron chi connectivity index (χ0n) is 13.5.